The number of benzene rings is 1. The lowest BCUT2D eigenvalue weighted by Gasteiger charge is -2.04. The molecule has 0 fully saturated rings. The largest absolute Gasteiger partial charge is 0.297 e. The predicted octanol–water partition coefficient (Wildman–Crippen LogP) is 9.26. The standard InChI is InChI=1S/C28H42N2S/c1-3-5-7-9-10-11-13-14-16-24-18-20-25(21-19-24)27-23-30-22-26(29-28(30)31-27)17-15-12-8-6-4-2/h18-23H,3-17H2,1-2H3. The number of aromatic nitrogens is 2. The van der Waals surface area contributed by atoms with Gasteiger partial charge in [-0.05, 0) is 36.8 Å². The zero-order valence-electron chi connectivity index (χ0n) is 19.9. The quantitative estimate of drug-likeness (QED) is 0.204. The average Bonchev–Trinajstić information content (AvgIpc) is 3.35. The topological polar surface area (TPSA) is 17.3 Å². The Kier molecular flexibility index (Phi) is 10.6. The minimum atomic E-state index is 1.11. The van der Waals surface area contributed by atoms with E-state index in [-0.39, 0.29) is 0 Å². The molecule has 0 aliphatic carbocycles. The highest BCUT2D eigenvalue weighted by molar-refractivity contribution is 7.20. The van der Waals surface area contributed by atoms with Gasteiger partial charge < -0.3 is 0 Å². The molecule has 0 atom stereocenters. The Hall–Kier alpha value is -1.61. The van der Waals surface area contributed by atoms with Crippen LogP contribution in [0.3, 0.4) is 0 Å². The minimum absolute atomic E-state index is 1.11. The summed E-state index contributed by atoms with van der Waals surface area (Å²) < 4.78 is 2.22. The summed E-state index contributed by atoms with van der Waals surface area (Å²) in [7, 11) is 0. The van der Waals surface area contributed by atoms with E-state index in [1.165, 1.54) is 112 Å². The molecule has 0 aliphatic rings. The SMILES string of the molecule is CCCCCCCCCCc1ccc(-c2cn3cc(CCCCCCC)nc3s2)cc1. The summed E-state index contributed by atoms with van der Waals surface area (Å²) >= 11 is 1.81. The molecule has 3 aromatic rings. The van der Waals surface area contributed by atoms with Crippen molar-refractivity contribution in [2.24, 2.45) is 0 Å². The molecule has 0 radical (unpaired) electrons. The smallest absolute Gasteiger partial charge is 0.194 e. The fourth-order valence-electron chi connectivity index (χ4n) is 4.31. The fourth-order valence-corrected chi connectivity index (χ4v) is 5.30. The maximum absolute atomic E-state index is 4.86. The van der Waals surface area contributed by atoms with Gasteiger partial charge in [-0.15, -0.1) is 0 Å². The molecule has 0 unspecified atom stereocenters. The summed E-state index contributed by atoms with van der Waals surface area (Å²) in [5, 5.41) is 0. The molecule has 31 heavy (non-hydrogen) atoms. The summed E-state index contributed by atoms with van der Waals surface area (Å²) in [5.74, 6) is 0. The molecule has 0 saturated heterocycles. The highest BCUT2D eigenvalue weighted by Crippen LogP contribution is 2.29. The van der Waals surface area contributed by atoms with Gasteiger partial charge in [0.15, 0.2) is 4.96 Å². The summed E-state index contributed by atoms with van der Waals surface area (Å²) in [6.07, 6.45) is 24.5. The van der Waals surface area contributed by atoms with Crippen molar-refractivity contribution in [1.29, 1.82) is 0 Å². The highest BCUT2D eigenvalue weighted by atomic mass is 32.1. The van der Waals surface area contributed by atoms with Crippen molar-refractivity contribution in [2.75, 3.05) is 0 Å². The predicted molar refractivity (Wildman–Crippen MR) is 137 cm³/mol. The van der Waals surface area contributed by atoms with Crippen molar-refractivity contribution in [3.63, 3.8) is 0 Å². The third-order valence-electron chi connectivity index (χ3n) is 6.30. The highest BCUT2D eigenvalue weighted by Gasteiger charge is 2.08. The lowest BCUT2D eigenvalue weighted by molar-refractivity contribution is 0.575. The van der Waals surface area contributed by atoms with Crippen LogP contribution in [0.15, 0.2) is 36.7 Å². The Morgan fingerprint density at radius 2 is 1.26 bits per heavy atom. The van der Waals surface area contributed by atoms with E-state index in [1.807, 2.05) is 11.3 Å². The van der Waals surface area contributed by atoms with Crippen LogP contribution in [-0.2, 0) is 12.8 Å². The van der Waals surface area contributed by atoms with E-state index in [0.717, 1.165) is 11.4 Å². The molecule has 0 amide bonds. The van der Waals surface area contributed by atoms with Crippen molar-refractivity contribution < 1.29 is 0 Å². The number of thiazole rings is 1. The second-order valence-electron chi connectivity index (χ2n) is 9.10. The maximum atomic E-state index is 4.86. The Balaban J connectivity index is 1.41. The molecule has 0 N–H and O–H groups in total. The van der Waals surface area contributed by atoms with Gasteiger partial charge in [0.2, 0.25) is 0 Å². The van der Waals surface area contributed by atoms with Gasteiger partial charge in [-0.3, -0.25) is 4.40 Å². The molecule has 3 heteroatoms. The Bertz CT molecular complexity index is 827. The molecule has 2 aromatic heterocycles. The van der Waals surface area contributed by atoms with Crippen LogP contribution in [0.5, 0.6) is 0 Å². The zero-order valence-corrected chi connectivity index (χ0v) is 20.7. The minimum Gasteiger partial charge on any atom is -0.297 e. The molecule has 0 aliphatic heterocycles. The lowest BCUT2D eigenvalue weighted by atomic mass is 10.0. The Morgan fingerprint density at radius 3 is 1.87 bits per heavy atom. The number of unbranched alkanes of at least 4 members (excludes halogenated alkanes) is 11. The number of hydrogen-bond donors (Lipinski definition) is 0. The molecular weight excluding hydrogens is 396 g/mol. The zero-order chi connectivity index (χ0) is 21.7. The normalized spacial score (nSPS) is 11.5. The first-order valence-electron chi connectivity index (χ1n) is 12.9. The summed E-state index contributed by atoms with van der Waals surface area (Å²) in [6.45, 7) is 4.56. The maximum Gasteiger partial charge on any atom is 0.194 e. The van der Waals surface area contributed by atoms with Gasteiger partial charge in [-0.25, -0.2) is 4.98 Å². The first kappa shape index (κ1) is 24.0. The number of aryl methyl sites for hydroxylation is 2. The number of rotatable bonds is 16. The van der Waals surface area contributed by atoms with E-state index in [4.69, 9.17) is 4.98 Å². The van der Waals surface area contributed by atoms with Crippen molar-refractivity contribution in [3.05, 3.63) is 47.9 Å². The monoisotopic (exact) mass is 438 g/mol. The van der Waals surface area contributed by atoms with Gasteiger partial charge >= 0.3 is 0 Å². The van der Waals surface area contributed by atoms with Gasteiger partial charge in [0.1, 0.15) is 0 Å². The van der Waals surface area contributed by atoms with Crippen LogP contribution in [0, 0.1) is 0 Å². The summed E-state index contributed by atoms with van der Waals surface area (Å²) in [6, 6.07) is 9.22. The molecule has 2 nitrogen and oxygen atoms in total. The first-order valence-corrected chi connectivity index (χ1v) is 13.7. The number of hydrogen-bond acceptors (Lipinski definition) is 2. The van der Waals surface area contributed by atoms with Crippen molar-refractivity contribution in [1.82, 2.24) is 9.38 Å². The molecular formula is C28H42N2S. The van der Waals surface area contributed by atoms with Crippen LogP contribution >= 0.6 is 11.3 Å². The van der Waals surface area contributed by atoms with E-state index in [9.17, 15) is 0 Å². The van der Waals surface area contributed by atoms with Gasteiger partial charge in [-0.1, -0.05) is 120 Å². The van der Waals surface area contributed by atoms with Gasteiger partial charge in [0.25, 0.3) is 0 Å². The van der Waals surface area contributed by atoms with Gasteiger partial charge in [-0.2, -0.15) is 0 Å². The summed E-state index contributed by atoms with van der Waals surface area (Å²) in [4.78, 5) is 7.30. The summed E-state index contributed by atoms with van der Waals surface area (Å²) in [5.41, 5.74) is 4.03. The lowest BCUT2D eigenvalue weighted by Crippen LogP contribution is -1.87. The van der Waals surface area contributed by atoms with E-state index in [2.05, 4.69) is 54.9 Å². The van der Waals surface area contributed by atoms with Crippen LogP contribution in [0.1, 0.15) is 109 Å². The Labute approximate surface area is 194 Å². The third kappa shape index (κ3) is 8.11. The van der Waals surface area contributed by atoms with Crippen LogP contribution in [0.4, 0.5) is 0 Å². The van der Waals surface area contributed by atoms with Gasteiger partial charge in [0, 0.05) is 12.4 Å². The second kappa shape index (κ2) is 13.7. The Morgan fingerprint density at radius 1 is 0.677 bits per heavy atom. The second-order valence-corrected chi connectivity index (χ2v) is 10.1. The molecule has 3 rings (SSSR count). The van der Waals surface area contributed by atoms with E-state index in [1.54, 1.807) is 0 Å². The van der Waals surface area contributed by atoms with Crippen LogP contribution in [-0.4, -0.2) is 9.38 Å². The van der Waals surface area contributed by atoms with E-state index < -0.39 is 0 Å². The molecule has 170 valence electrons. The van der Waals surface area contributed by atoms with Crippen LogP contribution in [0.25, 0.3) is 15.4 Å². The molecule has 0 saturated carbocycles. The average molecular weight is 439 g/mol. The fraction of sp³-hybridized carbons (Fsp3) is 0.607. The van der Waals surface area contributed by atoms with Crippen molar-refractivity contribution in [2.45, 2.75) is 110 Å². The van der Waals surface area contributed by atoms with Crippen LogP contribution < -0.4 is 0 Å². The molecule has 0 bridgehead atoms. The van der Waals surface area contributed by atoms with Crippen molar-refractivity contribution >= 4 is 16.3 Å². The van der Waals surface area contributed by atoms with E-state index >= 15 is 0 Å². The number of imidazole rings is 1. The molecule has 2 heterocycles. The third-order valence-corrected chi connectivity index (χ3v) is 7.35. The first-order chi connectivity index (χ1) is 15.3. The number of fused-ring (bicyclic) bond motifs is 1. The molecule has 1 aromatic carbocycles. The molecule has 0 spiro atoms. The van der Waals surface area contributed by atoms with E-state index in [0.29, 0.717) is 0 Å². The number of nitrogens with zero attached hydrogens (tertiary/aromatic N) is 2. The van der Waals surface area contributed by atoms with Gasteiger partial charge in [0.05, 0.1) is 10.6 Å². The van der Waals surface area contributed by atoms with Crippen LogP contribution in [0.2, 0.25) is 0 Å². The van der Waals surface area contributed by atoms with Crippen molar-refractivity contribution in [3.8, 4) is 10.4 Å².